The van der Waals surface area contributed by atoms with Crippen molar-refractivity contribution in [2.75, 3.05) is 6.61 Å². The van der Waals surface area contributed by atoms with E-state index >= 15 is 0 Å². The van der Waals surface area contributed by atoms with Crippen LogP contribution in [0.1, 0.15) is 38.3 Å². The topological polar surface area (TPSA) is 9.23 Å². The number of hydrogen-bond donors (Lipinski definition) is 0. The lowest BCUT2D eigenvalue weighted by Gasteiger charge is -2.32. The largest absolute Gasteiger partial charge is 0.493 e. The number of rotatable bonds is 1. The minimum atomic E-state index is 0.278. The third-order valence-electron chi connectivity index (χ3n) is 3.17. The first-order valence-electron chi connectivity index (χ1n) is 5.40. The molecule has 1 aliphatic heterocycles. The zero-order valence-electron chi connectivity index (χ0n) is 9.26. The summed E-state index contributed by atoms with van der Waals surface area (Å²) in [5, 5.41) is 0. The summed E-state index contributed by atoms with van der Waals surface area (Å²) in [6.45, 7) is 7.61. The maximum Gasteiger partial charge on any atom is 0.123 e. The molecule has 1 aromatic carbocycles. The number of hydrogen-bond acceptors (Lipinski definition) is 1. The average Bonchev–Trinajstić information content (AvgIpc) is 2.16. The average molecular weight is 190 g/mol. The normalized spacial score (nSPS) is 18.5. The molecule has 0 aromatic heterocycles. The van der Waals surface area contributed by atoms with Gasteiger partial charge in [-0.15, -0.1) is 0 Å². The summed E-state index contributed by atoms with van der Waals surface area (Å²) in [5.41, 5.74) is 3.00. The Labute approximate surface area is 86.1 Å². The molecule has 0 bridgehead atoms. The zero-order chi connectivity index (χ0) is 10.2. The van der Waals surface area contributed by atoms with Gasteiger partial charge in [0, 0.05) is 0 Å². The number of fused-ring (bicyclic) bond motifs is 1. The molecule has 1 nitrogen and oxygen atoms in total. The van der Waals surface area contributed by atoms with Crippen molar-refractivity contribution < 1.29 is 4.74 Å². The van der Waals surface area contributed by atoms with Gasteiger partial charge in [0.25, 0.3) is 0 Å². The summed E-state index contributed by atoms with van der Waals surface area (Å²) >= 11 is 0. The van der Waals surface area contributed by atoms with Crippen LogP contribution in [0.4, 0.5) is 0 Å². The van der Waals surface area contributed by atoms with E-state index in [9.17, 15) is 0 Å². The molecular weight excluding hydrogens is 172 g/mol. The van der Waals surface area contributed by atoms with Gasteiger partial charge < -0.3 is 4.74 Å². The van der Waals surface area contributed by atoms with Crippen LogP contribution in [0.5, 0.6) is 5.75 Å². The summed E-state index contributed by atoms with van der Waals surface area (Å²) < 4.78 is 5.70. The molecule has 76 valence electrons. The first-order chi connectivity index (χ1) is 6.63. The highest BCUT2D eigenvalue weighted by molar-refractivity contribution is 5.43. The van der Waals surface area contributed by atoms with Crippen molar-refractivity contribution in [2.24, 2.45) is 0 Å². The minimum Gasteiger partial charge on any atom is -0.493 e. The molecule has 2 rings (SSSR count). The molecule has 1 aromatic rings. The Bertz CT molecular complexity index is 339. The van der Waals surface area contributed by atoms with Crippen molar-refractivity contribution in [2.45, 2.75) is 39.0 Å². The van der Waals surface area contributed by atoms with Gasteiger partial charge in [-0.3, -0.25) is 0 Å². The number of aryl methyl sites for hydroxylation is 1. The molecule has 0 N–H and O–H groups in total. The molecule has 1 heterocycles. The molecule has 1 aliphatic rings. The highest BCUT2D eigenvalue weighted by Crippen LogP contribution is 2.38. The SMILES string of the molecule is CCc1ccc2c(c1)OCCC2(C)C. The van der Waals surface area contributed by atoms with Gasteiger partial charge in [-0.05, 0) is 35.4 Å². The van der Waals surface area contributed by atoms with Gasteiger partial charge >= 0.3 is 0 Å². The molecule has 0 unspecified atom stereocenters. The Balaban J connectivity index is 2.46. The Kier molecular flexibility index (Phi) is 2.26. The predicted molar refractivity (Wildman–Crippen MR) is 59.0 cm³/mol. The molecule has 0 aliphatic carbocycles. The molecular formula is C13H18O. The number of benzene rings is 1. The fourth-order valence-corrected chi connectivity index (χ4v) is 2.02. The van der Waals surface area contributed by atoms with E-state index in [1.165, 1.54) is 11.1 Å². The van der Waals surface area contributed by atoms with Crippen LogP contribution in [0.3, 0.4) is 0 Å². The molecule has 1 heteroatoms. The summed E-state index contributed by atoms with van der Waals surface area (Å²) in [5.74, 6) is 1.10. The van der Waals surface area contributed by atoms with Crippen LogP contribution < -0.4 is 4.74 Å². The second-order valence-electron chi connectivity index (χ2n) is 4.67. The second-order valence-corrected chi connectivity index (χ2v) is 4.67. The molecule has 0 radical (unpaired) electrons. The Hall–Kier alpha value is -0.980. The van der Waals surface area contributed by atoms with Crippen molar-refractivity contribution in [1.82, 2.24) is 0 Å². The smallest absolute Gasteiger partial charge is 0.123 e. The summed E-state index contributed by atoms with van der Waals surface area (Å²) in [6, 6.07) is 6.64. The van der Waals surface area contributed by atoms with Gasteiger partial charge in [0.15, 0.2) is 0 Å². The van der Waals surface area contributed by atoms with Gasteiger partial charge in [0.2, 0.25) is 0 Å². The fourth-order valence-electron chi connectivity index (χ4n) is 2.02. The molecule has 0 atom stereocenters. The maximum absolute atomic E-state index is 5.70. The van der Waals surface area contributed by atoms with Crippen molar-refractivity contribution >= 4 is 0 Å². The van der Waals surface area contributed by atoms with E-state index in [0.717, 1.165) is 25.2 Å². The van der Waals surface area contributed by atoms with E-state index in [1.807, 2.05) is 0 Å². The Morgan fingerprint density at radius 1 is 1.36 bits per heavy atom. The third kappa shape index (κ3) is 1.52. The molecule has 0 saturated carbocycles. The molecule has 0 fully saturated rings. The lowest BCUT2D eigenvalue weighted by Crippen LogP contribution is -2.26. The van der Waals surface area contributed by atoms with Crippen LogP contribution >= 0.6 is 0 Å². The predicted octanol–water partition coefficient (Wildman–Crippen LogP) is 3.31. The van der Waals surface area contributed by atoms with Crippen LogP contribution in [0, 0.1) is 0 Å². The van der Waals surface area contributed by atoms with Crippen molar-refractivity contribution in [1.29, 1.82) is 0 Å². The summed E-state index contributed by atoms with van der Waals surface area (Å²) in [4.78, 5) is 0. The third-order valence-corrected chi connectivity index (χ3v) is 3.17. The van der Waals surface area contributed by atoms with Gasteiger partial charge in [-0.25, -0.2) is 0 Å². The van der Waals surface area contributed by atoms with E-state index in [4.69, 9.17) is 4.74 Å². The van der Waals surface area contributed by atoms with Crippen LogP contribution in [0.2, 0.25) is 0 Å². The molecule has 0 saturated heterocycles. The van der Waals surface area contributed by atoms with Gasteiger partial charge in [0.05, 0.1) is 6.61 Å². The van der Waals surface area contributed by atoms with E-state index in [0.29, 0.717) is 0 Å². The number of ether oxygens (including phenoxy) is 1. The zero-order valence-corrected chi connectivity index (χ0v) is 9.26. The molecule has 0 amide bonds. The summed E-state index contributed by atoms with van der Waals surface area (Å²) in [7, 11) is 0. The molecule has 0 spiro atoms. The van der Waals surface area contributed by atoms with Crippen molar-refractivity contribution in [3.05, 3.63) is 29.3 Å². The van der Waals surface area contributed by atoms with Crippen molar-refractivity contribution in [3.63, 3.8) is 0 Å². The van der Waals surface area contributed by atoms with E-state index in [1.54, 1.807) is 0 Å². The van der Waals surface area contributed by atoms with E-state index in [2.05, 4.69) is 39.0 Å². The van der Waals surface area contributed by atoms with Crippen LogP contribution in [-0.2, 0) is 11.8 Å². The Morgan fingerprint density at radius 2 is 2.14 bits per heavy atom. The van der Waals surface area contributed by atoms with Gasteiger partial charge in [0.1, 0.15) is 5.75 Å². The highest BCUT2D eigenvalue weighted by atomic mass is 16.5. The van der Waals surface area contributed by atoms with Crippen LogP contribution in [-0.4, -0.2) is 6.61 Å². The quantitative estimate of drug-likeness (QED) is 0.660. The first-order valence-corrected chi connectivity index (χ1v) is 5.40. The Morgan fingerprint density at radius 3 is 2.86 bits per heavy atom. The maximum atomic E-state index is 5.70. The fraction of sp³-hybridized carbons (Fsp3) is 0.538. The first kappa shape index (κ1) is 9.57. The molecule has 14 heavy (non-hydrogen) atoms. The standard InChI is InChI=1S/C13H18O/c1-4-10-5-6-11-12(9-10)14-8-7-13(11,2)3/h5-6,9H,4,7-8H2,1-3H3. The second kappa shape index (κ2) is 3.30. The summed E-state index contributed by atoms with van der Waals surface area (Å²) in [6.07, 6.45) is 2.20. The van der Waals surface area contributed by atoms with E-state index in [-0.39, 0.29) is 5.41 Å². The lowest BCUT2D eigenvalue weighted by molar-refractivity contribution is 0.234. The monoisotopic (exact) mass is 190 g/mol. The van der Waals surface area contributed by atoms with Crippen molar-refractivity contribution in [3.8, 4) is 5.75 Å². The van der Waals surface area contributed by atoms with Crippen LogP contribution in [0.15, 0.2) is 18.2 Å². The van der Waals surface area contributed by atoms with Gasteiger partial charge in [-0.1, -0.05) is 32.9 Å². The van der Waals surface area contributed by atoms with Gasteiger partial charge in [-0.2, -0.15) is 0 Å². The highest BCUT2D eigenvalue weighted by Gasteiger charge is 2.28. The lowest BCUT2D eigenvalue weighted by atomic mass is 9.79. The minimum absolute atomic E-state index is 0.278. The van der Waals surface area contributed by atoms with E-state index < -0.39 is 0 Å². The van der Waals surface area contributed by atoms with Crippen LogP contribution in [0.25, 0.3) is 0 Å².